The van der Waals surface area contributed by atoms with Crippen LogP contribution >= 0.6 is 12.4 Å². The molecule has 5 heteroatoms. The van der Waals surface area contributed by atoms with Crippen LogP contribution in [0.4, 0.5) is 0 Å². The lowest BCUT2D eigenvalue weighted by molar-refractivity contribution is 0.0573. The predicted molar refractivity (Wildman–Crippen MR) is 91.7 cm³/mol. The molecule has 2 fully saturated rings. The summed E-state index contributed by atoms with van der Waals surface area (Å²) in [5.74, 6) is 0.846. The highest BCUT2D eigenvalue weighted by Crippen LogP contribution is 2.38. The lowest BCUT2D eigenvalue weighted by atomic mass is 9.92. The summed E-state index contributed by atoms with van der Waals surface area (Å²) < 4.78 is 2.34. The maximum absolute atomic E-state index is 13.0. The normalized spacial score (nSPS) is 25.0. The molecule has 1 saturated heterocycles. The molecule has 1 aliphatic heterocycles. The largest absolute Gasteiger partial charge is 0.345 e. The number of aromatic nitrogens is 1. The van der Waals surface area contributed by atoms with Crippen molar-refractivity contribution in [3.63, 3.8) is 0 Å². The average molecular weight is 326 g/mol. The van der Waals surface area contributed by atoms with Gasteiger partial charge in [-0.2, -0.15) is 0 Å². The molecular weight excluding hydrogens is 298 g/mol. The Morgan fingerprint density at radius 1 is 1.32 bits per heavy atom. The van der Waals surface area contributed by atoms with Crippen LogP contribution in [0.3, 0.4) is 0 Å². The summed E-state index contributed by atoms with van der Waals surface area (Å²) in [6.07, 6.45) is 4.61. The third-order valence-electron chi connectivity index (χ3n) is 5.14. The zero-order valence-electron chi connectivity index (χ0n) is 13.8. The molecule has 0 bridgehead atoms. The van der Waals surface area contributed by atoms with Gasteiger partial charge in [0.1, 0.15) is 0 Å². The standard InChI is InChI=1S/C17H27N3O.ClH/c1-11-6-7-19(15(8-11)10-18)17(21)16-9-12(2)20(13(16)3)14-4-5-14;/h9,11,14-15H,4-8,10,18H2,1-3H3;1H. The fourth-order valence-electron chi connectivity index (χ4n) is 3.79. The maximum Gasteiger partial charge on any atom is 0.255 e. The minimum atomic E-state index is 0. The van der Waals surface area contributed by atoms with Crippen LogP contribution in [0, 0.1) is 19.8 Å². The average Bonchev–Trinajstić information content (AvgIpc) is 3.24. The Hall–Kier alpha value is -1.000. The summed E-state index contributed by atoms with van der Waals surface area (Å²) >= 11 is 0. The summed E-state index contributed by atoms with van der Waals surface area (Å²) in [5.41, 5.74) is 9.14. The number of nitrogens with two attached hydrogens (primary N) is 1. The lowest BCUT2D eigenvalue weighted by Gasteiger charge is -2.38. The molecule has 2 atom stereocenters. The van der Waals surface area contributed by atoms with E-state index in [9.17, 15) is 4.79 Å². The Bertz CT molecular complexity index is 550. The van der Waals surface area contributed by atoms with Crippen LogP contribution in [0.15, 0.2) is 6.07 Å². The Morgan fingerprint density at radius 2 is 2.00 bits per heavy atom. The molecule has 0 spiro atoms. The van der Waals surface area contributed by atoms with Gasteiger partial charge in [-0.1, -0.05) is 6.92 Å². The number of amides is 1. The molecule has 3 rings (SSSR count). The number of hydrogen-bond acceptors (Lipinski definition) is 2. The molecule has 124 valence electrons. The zero-order chi connectivity index (χ0) is 15.1. The van der Waals surface area contributed by atoms with Gasteiger partial charge in [0.2, 0.25) is 0 Å². The monoisotopic (exact) mass is 325 g/mol. The van der Waals surface area contributed by atoms with Crippen LogP contribution < -0.4 is 5.73 Å². The van der Waals surface area contributed by atoms with Crippen molar-refractivity contribution in [2.45, 2.75) is 58.5 Å². The summed E-state index contributed by atoms with van der Waals surface area (Å²) in [5, 5.41) is 0. The zero-order valence-corrected chi connectivity index (χ0v) is 14.7. The number of carbonyl (C=O) groups excluding carboxylic acids is 1. The fraction of sp³-hybridized carbons (Fsp3) is 0.706. The summed E-state index contributed by atoms with van der Waals surface area (Å²) in [7, 11) is 0. The Balaban J connectivity index is 0.00000176. The van der Waals surface area contributed by atoms with Crippen LogP contribution in [0.5, 0.6) is 0 Å². The van der Waals surface area contributed by atoms with Gasteiger partial charge in [-0.3, -0.25) is 4.79 Å². The smallest absolute Gasteiger partial charge is 0.255 e. The number of piperidine rings is 1. The molecule has 1 saturated carbocycles. The highest BCUT2D eigenvalue weighted by molar-refractivity contribution is 5.96. The van der Waals surface area contributed by atoms with E-state index in [0.717, 1.165) is 30.6 Å². The first-order valence-electron chi connectivity index (χ1n) is 8.22. The van der Waals surface area contributed by atoms with Crippen LogP contribution in [-0.4, -0.2) is 34.5 Å². The van der Waals surface area contributed by atoms with Crippen LogP contribution in [0.25, 0.3) is 0 Å². The molecule has 2 heterocycles. The van der Waals surface area contributed by atoms with Crippen LogP contribution in [0.2, 0.25) is 0 Å². The van der Waals surface area contributed by atoms with Gasteiger partial charge in [0, 0.05) is 36.6 Å². The first-order chi connectivity index (χ1) is 10.0. The first-order valence-corrected chi connectivity index (χ1v) is 8.22. The van der Waals surface area contributed by atoms with E-state index >= 15 is 0 Å². The second-order valence-electron chi connectivity index (χ2n) is 6.90. The van der Waals surface area contributed by atoms with E-state index in [1.165, 1.54) is 18.5 Å². The molecule has 0 radical (unpaired) electrons. The maximum atomic E-state index is 13.0. The molecule has 1 amide bonds. The number of likely N-dealkylation sites (tertiary alicyclic amines) is 1. The van der Waals surface area contributed by atoms with E-state index in [0.29, 0.717) is 18.5 Å². The number of nitrogens with zero attached hydrogens (tertiary/aromatic N) is 2. The van der Waals surface area contributed by atoms with Gasteiger partial charge >= 0.3 is 0 Å². The van der Waals surface area contributed by atoms with Gasteiger partial charge in [-0.05, 0) is 51.5 Å². The van der Waals surface area contributed by atoms with E-state index in [2.05, 4.69) is 31.4 Å². The fourth-order valence-corrected chi connectivity index (χ4v) is 3.79. The van der Waals surface area contributed by atoms with Crippen molar-refractivity contribution >= 4 is 18.3 Å². The number of carbonyl (C=O) groups is 1. The van der Waals surface area contributed by atoms with Gasteiger partial charge < -0.3 is 15.2 Å². The molecule has 1 aromatic rings. The van der Waals surface area contributed by atoms with Crippen molar-refractivity contribution in [3.05, 3.63) is 23.0 Å². The minimum absolute atomic E-state index is 0. The molecular formula is C17H28ClN3O. The minimum Gasteiger partial charge on any atom is -0.345 e. The van der Waals surface area contributed by atoms with Gasteiger partial charge in [-0.25, -0.2) is 0 Å². The van der Waals surface area contributed by atoms with Crippen molar-refractivity contribution in [3.8, 4) is 0 Å². The van der Waals surface area contributed by atoms with Crippen LogP contribution in [0.1, 0.15) is 60.4 Å². The molecule has 1 aromatic heterocycles. The highest BCUT2D eigenvalue weighted by atomic mass is 35.5. The second kappa shape index (κ2) is 6.63. The summed E-state index contributed by atoms with van der Waals surface area (Å²) in [6.45, 7) is 7.86. The number of hydrogen-bond donors (Lipinski definition) is 1. The SMILES string of the molecule is Cc1cc(C(=O)N2CCC(C)CC2CN)c(C)n1C1CC1.Cl. The van der Waals surface area contributed by atoms with Crippen molar-refractivity contribution in [2.75, 3.05) is 13.1 Å². The Morgan fingerprint density at radius 3 is 2.59 bits per heavy atom. The topological polar surface area (TPSA) is 51.3 Å². The summed E-state index contributed by atoms with van der Waals surface area (Å²) in [6, 6.07) is 2.89. The van der Waals surface area contributed by atoms with E-state index in [1.54, 1.807) is 0 Å². The quantitative estimate of drug-likeness (QED) is 0.928. The molecule has 2 N–H and O–H groups in total. The Labute approximate surface area is 139 Å². The Kier molecular flexibility index (Phi) is 5.23. The predicted octanol–water partition coefficient (Wildman–Crippen LogP) is 3.06. The number of halogens is 1. The van der Waals surface area contributed by atoms with Crippen molar-refractivity contribution in [1.29, 1.82) is 0 Å². The molecule has 22 heavy (non-hydrogen) atoms. The highest BCUT2D eigenvalue weighted by Gasteiger charge is 2.33. The second-order valence-corrected chi connectivity index (χ2v) is 6.90. The number of rotatable bonds is 3. The van der Waals surface area contributed by atoms with Crippen molar-refractivity contribution in [2.24, 2.45) is 11.7 Å². The van der Waals surface area contributed by atoms with E-state index in [4.69, 9.17) is 5.73 Å². The van der Waals surface area contributed by atoms with Gasteiger partial charge in [0.05, 0.1) is 5.56 Å². The number of aryl methyl sites for hydroxylation is 1. The van der Waals surface area contributed by atoms with Crippen molar-refractivity contribution < 1.29 is 4.79 Å². The molecule has 4 nitrogen and oxygen atoms in total. The third kappa shape index (κ3) is 3.04. The lowest BCUT2D eigenvalue weighted by Crippen LogP contribution is -2.49. The molecule has 2 unspecified atom stereocenters. The first kappa shape index (κ1) is 17.4. The molecule has 0 aromatic carbocycles. The molecule has 1 aliphatic carbocycles. The van der Waals surface area contributed by atoms with Gasteiger partial charge in [0.15, 0.2) is 0 Å². The van der Waals surface area contributed by atoms with E-state index in [-0.39, 0.29) is 24.4 Å². The van der Waals surface area contributed by atoms with Crippen LogP contribution in [-0.2, 0) is 0 Å². The van der Waals surface area contributed by atoms with Gasteiger partial charge in [-0.15, -0.1) is 12.4 Å². The summed E-state index contributed by atoms with van der Waals surface area (Å²) in [4.78, 5) is 15.0. The van der Waals surface area contributed by atoms with Crippen molar-refractivity contribution in [1.82, 2.24) is 9.47 Å². The van der Waals surface area contributed by atoms with Gasteiger partial charge in [0.25, 0.3) is 5.91 Å². The molecule has 2 aliphatic rings. The third-order valence-corrected chi connectivity index (χ3v) is 5.14. The van der Waals surface area contributed by atoms with E-state index < -0.39 is 0 Å². The van der Waals surface area contributed by atoms with E-state index in [1.807, 2.05) is 4.90 Å².